The van der Waals surface area contributed by atoms with Gasteiger partial charge in [0.05, 0.1) is 19.4 Å². The van der Waals surface area contributed by atoms with Gasteiger partial charge in [-0.3, -0.25) is 4.79 Å². The van der Waals surface area contributed by atoms with Gasteiger partial charge >= 0.3 is 12.1 Å². The van der Waals surface area contributed by atoms with Gasteiger partial charge in [-0.1, -0.05) is 12.1 Å². The molecular formula is C11H11F3O3. The smallest absolute Gasteiger partial charge is 0.396 e. The molecule has 0 amide bonds. The van der Waals surface area contributed by atoms with Crippen LogP contribution in [-0.4, -0.2) is 24.4 Å². The Morgan fingerprint density at radius 3 is 2.24 bits per heavy atom. The van der Waals surface area contributed by atoms with Gasteiger partial charge in [0.1, 0.15) is 5.75 Å². The zero-order valence-electron chi connectivity index (χ0n) is 8.99. The number of methoxy groups -OCH3 is 1. The predicted molar refractivity (Wildman–Crippen MR) is 54.0 cm³/mol. The standard InChI is InChI=1S/C11H11F3O3/c1-17-8-4-2-7(3-5-8)9(6-10(15)16)11(12,13)14/h2-5,9H,6H2,1H3,(H,15,16)/t9-/m0/s1. The fourth-order valence-corrected chi connectivity index (χ4v) is 1.43. The van der Waals surface area contributed by atoms with E-state index in [9.17, 15) is 18.0 Å². The average molecular weight is 248 g/mol. The summed E-state index contributed by atoms with van der Waals surface area (Å²) in [4.78, 5) is 10.4. The van der Waals surface area contributed by atoms with E-state index >= 15 is 0 Å². The van der Waals surface area contributed by atoms with E-state index in [0.29, 0.717) is 5.75 Å². The van der Waals surface area contributed by atoms with Crippen molar-refractivity contribution in [3.63, 3.8) is 0 Å². The maximum Gasteiger partial charge on any atom is 0.396 e. The quantitative estimate of drug-likeness (QED) is 0.891. The van der Waals surface area contributed by atoms with Crippen LogP contribution in [-0.2, 0) is 4.79 Å². The fraction of sp³-hybridized carbons (Fsp3) is 0.364. The van der Waals surface area contributed by atoms with Gasteiger partial charge in [-0.25, -0.2) is 0 Å². The van der Waals surface area contributed by atoms with Crippen molar-refractivity contribution in [2.75, 3.05) is 7.11 Å². The molecule has 0 spiro atoms. The van der Waals surface area contributed by atoms with Crippen LogP contribution in [0.4, 0.5) is 13.2 Å². The molecule has 0 aliphatic rings. The molecule has 0 heterocycles. The van der Waals surface area contributed by atoms with Crippen LogP contribution in [0.3, 0.4) is 0 Å². The van der Waals surface area contributed by atoms with E-state index in [-0.39, 0.29) is 5.56 Å². The summed E-state index contributed by atoms with van der Waals surface area (Å²) in [7, 11) is 1.40. The highest BCUT2D eigenvalue weighted by molar-refractivity contribution is 5.68. The third kappa shape index (κ3) is 3.65. The largest absolute Gasteiger partial charge is 0.497 e. The first-order valence-electron chi connectivity index (χ1n) is 4.77. The number of aliphatic carboxylic acids is 1. The van der Waals surface area contributed by atoms with E-state index in [0.717, 1.165) is 0 Å². The number of benzene rings is 1. The minimum atomic E-state index is -4.58. The Kier molecular flexibility index (Phi) is 3.98. The normalized spacial score (nSPS) is 13.2. The lowest BCUT2D eigenvalue weighted by Crippen LogP contribution is -2.23. The molecule has 1 atom stereocenters. The summed E-state index contributed by atoms with van der Waals surface area (Å²) in [5, 5.41) is 8.48. The Hall–Kier alpha value is -1.72. The number of halogens is 3. The van der Waals surface area contributed by atoms with Crippen LogP contribution in [0.15, 0.2) is 24.3 Å². The molecule has 0 saturated heterocycles. The van der Waals surface area contributed by atoms with Crippen LogP contribution in [0.5, 0.6) is 5.75 Å². The second kappa shape index (κ2) is 5.07. The van der Waals surface area contributed by atoms with E-state index in [1.165, 1.54) is 31.4 Å². The first kappa shape index (κ1) is 13.3. The molecule has 0 fully saturated rings. The molecule has 0 bridgehead atoms. The summed E-state index contributed by atoms with van der Waals surface area (Å²) < 4.78 is 42.8. The van der Waals surface area contributed by atoms with Gasteiger partial charge in [0, 0.05) is 0 Å². The lowest BCUT2D eigenvalue weighted by molar-refractivity contribution is -0.163. The molecule has 17 heavy (non-hydrogen) atoms. The zero-order valence-corrected chi connectivity index (χ0v) is 8.99. The van der Waals surface area contributed by atoms with Crippen molar-refractivity contribution in [3.8, 4) is 5.75 Å². The van der Waals surface area contributed by atoms with Crippen molar-refractivity contribution in [1.82, 2.24) is 0 Å². The van der Waals surface area contributed by atoms with Crippen LogP contribution < -0.4 is 4.74 Å². The number of carbonyl (C=O) groups is 1. The molecular weight excluding hydrogens is 237 g/mol. The molecule has 0 aliphatic carbocycles. The van der Waals surface area contributed by atoms with Gasteiger partial charge in [0.25, 0.3) is 0 Å². The molecule has 0 saturated carbocycles. The monoisotopic (exact) mass is 248 g/mol. The SMILES string of the molecule is COc1ccc([C@H](CC(=O)O)C(F)(F)F)cc1. The van der Waals surface area contributed by atoms with Crippen molar-refractivity contribution < 1.29 is 27.8 Å². The molecule has 0 unspecified atom stereocenters. The molecule has 3 nitrogen and oxygen atoms in total. The van der Waals surface area contributed by atoms with E-state index in [4.69, 9.17) is 9.84 Å². The number of ether oxygens (including phenoxy) is 1. The molecule has 94 valence electrons. The van der Waals surface area contributed by atoms with Gasteiger partial charge in [0.2, 0.25) is 0 Å². The fourth-order valence-electron chi connectivity index (χ4n) is 1.43. The number of carboxylic acid groups (broad SMARTS) is 1. The Bertz CT molecular complexity index is 384. The van der Waals surface area contributed by atoms with Crippen LogP contribution >= 0.6 is 0 Å². The molecule has 1 aromatic carbocycles. The van der Waals surface area contributed by atoms with E-state index < -0.39 is 24.5 Å². The third-order valence-electron chi connectivity index (χ3n) is 2.29. The third-order valence-corrected chi connectivity index (χ3v) is 2.29. The highest BCUT2D eigenvalue weighted by Gasteiger charge is 2.41. The number of hydrogen-bond donors (Lipinski definition) is 1. The highest BCUT2D eigenvalue weighted by atomic mass is 19.4. The topological polar surface area (TPSA) is 46.5 Å². The highest BCUT2D eigenvalue weighted by Crippen LogP contribution is 2.37. The van der Waals surface area contributed by atoms with Gasteiger partial charge in [-0.15, -0.1) is 0 Å². The first-order chi connectivity index (χ1) is 7.84. The lowest BCUT2D eigenvalue weighted by atomic mass is 9.95. The number of hydrogen-bond acceptors (Lipinski definition) is 2. The van der Waals surface area contributed by atoms with Crippen molar-refractivity contribution in [2.45, 2.75) is 18.5 Å². The minimum Gasteiger partial charge on any atom is -0.497 e. The predicted octanol–water partition coefficient (Wildman–Crippen LogP) is 2.82. The molecule has 1 N–H and O–H groups in total. The van der Waals surface area contributed by atoms with Crippen molar-refractivity contribution in [3.05, 3.63) is 29.8 Å². The molecule has 0 aromatic heterocycles. The summed E-state index contributed by atoms with van der Waals surface area (Å²) in [5.41, 5.74) is -0.0827. The van der Waals surface area contributed by atoms with Crippen molar-refractivity contribution in [1.29, 1.82) is 0 Å². The van der Waals surface area contributed by atoms with Crippen molar-refractivity contribution in [2.24, 2.45) is 0 Å². The van der Waals surface area contributed by atoms with Gasteiger partial charge in [0.15, 0.2) is 0 Å². The van der Waals surface area contributed by atoms with E-state index in [1.54, 1.807) is 0 Å². The van der Waals surface area contributed by atoms with E-state index in [1.807, 2.05) is 0 Å². The van der Waals surface area contributed by atoms with Crippen LogP contribution in [0.25, 0.3) is 0 Å². The molecule has 6 heteroatoms. The maximum atomic E-state index is 12.7. The summed E-state index contributed by atoms with van der Waals surface area (Å²) in [6.07, 6.45) is -5.55. The van der Waals surface area contributed by atoms with Crippen LogP contribution in [0.1, 0.15) is 17.9 Å². The van der Waals surface area contributed by atoms with Gasteiger partial charge in [-0.05, 0) is 17.7 Å². The number of alkyl halides is 3. The molecule has 0 radical (unpaired) electrons. The van der Waals surface area contributed by atoms with E-state index in [2.05, 4.69) is 0 Å². The first-order valence-corrected chi connectivity index (χ1v) is 4.77. The zero-order chi connectivity index (χ0) is 13.1. The Labute approximate surface area is 95.8 Å². The van der Waals surface area contributed by atoms with Crippen LogP contribution in [0, 0.1) is 0 Å². The Balaban J connectivity index is 3.00. The molecule has 1 aromatic rings. The van der Waals surface area contributed by atoms with Gasteiger partial charge in [-0.2, -0.15) is 13.2 Å². The van der Waals surface area contributed by atoms with Crippen LogP contribution in [0.2, 0.25) is 0 Å². The summed E-state index contributed by atoms with van der Waals surface area (Å²) >= 11 is 0. The summed E-state index contributed by atoms with van der Waals surface area (Å²) in [5.74, 6) is -3.06. The van der Waals surface area contributed by atoms with Gasteiger partial charge < -0.3 is 9.84 Å². The average Bonchev–Trinajstić information content (AvgIpc) is 2.24. The Morgan fingerprint density at radius 2 is 1.88 bits per heavy atom. The maximum absolute atomic E-state index is 12.7. The minimum absolute atomic E-state index is 0.0827. The number of rotatable bonds is 4. The Morgan fingerprint density at radius 1 is 1.35 bits per heavy atom. The van der Waals surface area contributed by atoms with Crippen molar-refractivity contribution >= 4 is 5.97 Å². The summed E-state index contributed by atoms with van der Waals surface area (Å²) in [6, 6.07) is 5.19. The molecule has 1 rings (SSSR count). The summed E-state index contributed by atoms with van der Waals surface area (Å²) in [6.45, 7) is 0. The lowest BCUT2D eigenvalue weighted by Gasteiger charge is -2.19. The number of carboxylic acids is 1. The second-order valence-corrected chi connectivity index (χ2v) is 3.47. The molecule has 0 aliphatic heterocycles. The second-order valence-electron chi connectivity index (χ2n) is 3.47.